The minimum absolute atomic E-state index is 0.136. The molecule has 0 aliphatic rings. The van der Waals surface area contributed by atoms with Crippen molar-refractivity contribution < 1.29 is 76.3 Å². The topological polar surface area (TPSA) is 210 Å². The second-order valence-corrected chi connectivity index (χ2v) is 32.1. The van der Waals surface area contributed by atoms with Crippen LogP contribution in [0.5, 0.6) is 0 Å². The van der Waals surface area contributed by atoms with E-state index in [0.717, 1.165) is 121 Å². The molecule has 0 aliphatic carbocycles. The number of benzene rings is 9. The number of carbonyl (C=O) groups excluding carboxylic acids is 8. The third-order valence-corrected chi connectivity index (χ3v) is 22.7. The smallest absolute Gasteiger partial charge is 0.338 e. The van der Waals surface area contributed by atoms with Crippen molar-refractivity contribution in [2.24, 2.45) is 11.3 Å². The minimum Gasteiger partial charge on any atom is -0.459 e. The number of hydrogen-bond acceptors (Lipinski definition) is 16. The fourth-order valence-corrected chi connectivity index (χ4v) is 16.1. The van der Waals surface area contributed by atoms with Gasteiger partial charge >= 0.3 is 47.8 Å². The fourth-order valence-electron chi connectivity index (χ4n) is 16.1. The summed E-state index contributed by atoms with van der Waals surface area (Å²) in [5, 5.41) is 0. The van der Waals surface area contributed by atoms with E-state index in [9.17, 15) is 38.4 Å². The highest BCUT2D eigenvalue weighted by molar-refractivity contribution is 5.93. The molecule has 0 N–H and O–H groups in total. The zero-order chi connectivity index (χ0) is 90.5. The molecule has 0 bridgehead atoms. The molecule has 9 atom stereocenters. The van der Waals surface area contributed by atoms with Gasteiger partial charge in [-0.1, -0.05) is 336 Å². The highest BCUT2D eigenvalue weighted by atomic mass is 16.6. The van der Waals surface area contributed by atoms with Crippen LogP contribution in [-0.2, 0) is 37.9 Å². The standard InChI is InChI=1S/C31H44O4.C29H32O4.C26H34O4.C23H28O4/c1-5-9-23-31(24-10-6-2,27(17-7-3)34-29(32)25-19-13-11-14-20-25)28(18-8-4)35-30(33)26-21-15-12-16-22-26;1-3-14-25(32-28(30)23-18-10-6-11-19-23)27(22-16-8-5-9-17-22)26(15-4-2)33-29(31)24-20-12-7-13-21-24;1-5-14-23(29-24(27)21-15-10-8-11-16-21)20(4)26(7-3,19-6-2)30-25(28)22-17-12-9-13-18-22;1-3-11-20(26-22(24)18-13-7-5-8-14-18)17-21(12-4-2)27-23(25)19-15-9-6-10-16-19/h11-16,19-22,27-28H,5-10,17-18,23-24H2,1-4H3;5-13,16-21,25-27H,3-4,14-15H2,1-2H3;8-13,15-18,20,23H,5-7,14,19H2,1-4H3;5-10,13-16,20-21H,3-4,11-12,17H2,1-2H3. The lowest BCUT2D eigenvalue weighted by atomic mass is 9.67. The zero-order valence-corrected chi connectivity index (χ0v) is 76.2. The van der Waals surface area contributed by atoms with Crippen molar-refractivity contribution in [3.8, 4) is 0 Å². The Balaban J connectivity index is 0.000000259. The van der Waals surface area contributed by atoms with Crippen molar-refractivity contribution in [1.82, 2.24) is 0 Å². The van der Waals surface area contributed by atoms with Crippen molar-refractivity contribution in [3.63, 3.8) is 0 Å². The van der Waals surface area contributed by atoms with Crippen molar-refractivity contribution >= 4 is 47.8 Å². The van der Waals surface area contributed by atoms with Gasteiger partial charge in [0.2, 0.25) is 0 Å². The Kier molecular flexibility index (Phi) is 47.6. The highest BCUT2D eigenvalue weighted by Crippen LogP contribution is 2.46. The van der Waals surface area contributed by atoms with Gasteiger partial charge < -0.3 is 37.9 Å². The molecule has 0 saturated heterocycles. The molecule has 0 heterocycles. The van der Waals surface area contributed by atoms with Crippen LogP contribution in [-0.4, -0.2) is 96.1 Å². The first kappa shape index (κ1) is 103. The zero-order valence-electron chi connectivity index (χ0n) is 76.2. The van der Waals surface area contributed by atoms with Crippen molar-refractivity contribution in [3.05, 3.63) is 323 Å². The van der Waals surface area contributed by atoms with Gasteiger partial charge in [0.25, 0.3) is 0 Å². The van der Waals surface area contributed by atoms with Gasteiger partial charge in [-0.2, -0.15) is 0 Å². The quantitative estimate of drug-likeness (QED) is 0.0256. The first-order valence-electron chi connectivity index (χ1n) is 45.9. The van der Waals surface area contributed by atoms with Gasteiger partial charge in [-0.05, 0) is 173 Å². The maximum absolute atomic E-state index is 13.2. The molecule has 670 valence electrons. The van der Waals surface area contributed by atoms with Gasteiger partial charge in [0, 0.05) is 17.8 Å². The molecule has 0 fully saturated rings. The molecule has 9 rings (SSSR count). The fraction of sp³-hybridized carbons (Fsp3) is 0.431. The lowest BCUT2D eigenvalue weighted by Crippen LogP contribution is -2.49. The van der Waals surface area contributed by atoms with Crippen molar-refractivity contribution in [2.45, 2.75) is 291 Å². The van der Waals surface area contributed by atoms with Crippen molar-refractivity contribution in [1.29, 1.82) is 0 Å². The molecule has 9 aromatic rings. The van der Waals surface area contributed by atoms with E-state index in [1.54, 1.807) is 97.1 Å². The molecule has 0 aliphatic heterocycles. The summed E-state index contributed by atoms with van der Waals surface area (Å²) in [4.78, 5) is 103. The highest BCUT2D eigenvalue weighted by Gasteiger charge is 2.49. The maximum Gasteiger partial charge on any atom is 0.338 e. The maximum atomic E-state index is 13.2. The number of hydrogen-bond donors (Lipinski definition) is 0. The van der Waals surface area contributed by atoms with Crippen LogP contribution in [0.25, 0.3) is 0 Å². The molecule has 0 aromatic heterocycles. The Hall–Kier alpha value is -11.3. The Morgan fingerprint density at radius 3 is 0.768 bits per heavy atom. The predicted octanol–water partition coefficient (Wildman–Crippen LogP) is 27.1. The predicted molar refractivity (Wildman–Crippen MR) is 498 cm³/mol. The first-order chi connectivity index (χ1) is 60.8. The molecule has 9 unspecified atom stereocenters. The third kappa shape index (κ3) is 34.0. The molecular weight excluding hydrogens is 1570 g/mol. The second-order valence-electron chi connectivity index (χ2n) is 32.1. The van der Waals surface area contributed by atoms with E-state index in [1.165, 1.54) is 0 Å². The number of ether oxygens (including phenoxy) is 8. The Bertz CT molecular complexity index is 4280. The van der Waals surface area contributed by atoms with Crippen LogP contribution in [0.2, 0.25) is 0 Å². The molecule has 125 heavy (non-hydrogen) atoms. The van der Waals surface area contributed by atoms with E-state index in [0.29, 0.717) is 83.0 Å². The van der Waals surface area contributed by atoms with Gasteiger partial charge in [-0.15, -0.1) is 0 Å². The van der Waals surface area contributed by atoms with Crippen molar-refractivity contribution in [2.75, 3.05) is 0 Å². The molecule has 0 amide bonds. The average molecular weight is 1700 g/mol. The van der Waals surface area contributed by atoms with Crippen LogP contribution < -0.4 is 0 Å². The summed E-state index contributed by atoms with van der Waals surface area (Å²) in [7, 11) is 0. The summed E-state index contributed by atoms with van der Waals surface area (Å²) in [5.41, 5.74) is 4.15. The van der Waals surface area contributed by atoms with Crippen LogP contribution in [0.1, 0.15) is 332 Å². The summed E-state index contributed by atoms with van der Waals surface area (Å²) in [5.74, 6) is -3.07. The SMILES string of the molecule is CCCC(CC(CCC)OC(=O)c1ccccc1)OC(=O)c1ccccc1.CCCC(OC(=O)c1ccccc1)C(C)C(CC)(CCC)OC(=O)c1ccccc1.CCCC(OC(=O)c1ccccc1)C(c1ccccc1)C(CCC)OC(=O)c1ccccc1.CCCCC(CCCC)(C(CCC)OC(=O)c1ccccc1)C(CCC)OC(=O)c1ccccc1. The van der Waals surface area contributed by atoms with E-state index in [-0.39, 0.29) is 90.1 Å². The first-order valence-corrected chi connectivity index (χ1v) is 45.9. The molecule has 16 nitrogen and oxygen atoms in total. The number of rotatable bonds is 48. The lowest BCUT2D eigenvalue weighted by Gasteiger charge is -2.45. The van der Waals surface area contributed by atoms with E-state index in [2.05, 4.69) is 55.4 Å². The number of unbranched alkanes of at least 4 members (excludes halogenated alkanes) is 2. The minimum atomic E-state index is -0.696. The molecule has 0 saturated carbocycles. The number of carbonyl (C=O) groups is 8. The Morgan fingerprint density at radius 2 is 0.504 bits per heavy atom. The van der Waals surface area contributed by atoms with Gasteiger partial charge in [0.1, 0.15) is 48.3 Å². The van der Waals surface area contributed by atoms with E-state index in [1.807, 2.05) is 204 Å². The van der Waals surface area contributed by atoms with Crippen LogP contribution in [0.4, 0.5) is 0 Å². The normalized spacial score (nSPS) is 13.6. The van der Waals surface area contributed by atoms with Gasteiger partial charge in [0.05, 0.1) is 50.4 Å². The molecule has 9 aromatic carbocycles. The summed E-state index contributed by atoms with van der Waals surface area (Å²) in [6.07, 6.45) is 17.3. The van der Waals surface area contributed by atoms with Crippen LogP contribution >= 0.6 is 0 Å². The largest absolute Gasteiger partial charge is 0.459 e. The lowest BCUT2D eigenvalue weighted by molar-refractivity contribution is -0.104. The van der Waals surface area contributed by atoms with E-state index >= 15 is 0 Å². The molecule has 16 heteroatoms. The van der Waals surface area contributed by atoms with Gasteiger partial charge in [0.15, 0.2) is 0 Å². The molecular formula is C109H138O16. The summed E-state index contributed by atoms with van der Waals surface area (Å²) in [6, 6.07) is 82.4. The summed E-state index contributed by atoms with van der Waals surface area (Å²) < 4.78 is 48.3. The molecule has 0 spiro atoms. The summed E-state index contributed by atoms with van der Waals surface area (Å²) in [6.45, 7) is 25.1. The van der Waals surface area contributed by atoms with Gasteiger partial charge in [-0.3, -0.25) is 0 Å². The van der Waals surface area contributed by atoms with Crippen LogP contribution in [0, 0.1) is 11.3 Å². The summed E-state index contributed by atoms with van der Waals surface area (Å²) >= 11 is 0. The van der Waals surface area contributed by atoms with Crippen LogP contribution in [0.3, 0.4) is 0 Å². The Morgan fingerprint density at radius 1 is 0.256 bits per heavy atom. The van der Waals surface area contributed by atoms with Crippen LogP contribution in [0.15, 0.2) is 273 Å². The average Bonchev–Trinajstić information content (AvgIpc) is 0.792. The Labute approximate surface area is 745 Å². The van der Waals surface area contributed by atoms with E-state index in [4.69, 9.17) is 37.9 Å². The third-order valence-electron chi connectivity index (χ3n) is 22.7. The second kappa shape index (κ2) is 58.0. The number of esters is 8. The van der Waals surface area contributed by atoms with Gasteiger partial charge in [-0.25, -0.2) is 38.4 Å². The van der Waals surface area contributed by atoms with E-state index < -0.39 is 23.2 Å². The molecule has 0 radical (unpaired) electrons. The monoisotopic (exact) mass is 1700 g/mol.